The minimum absolute atomic E-state index is 0.0245. The Kier molecular flexibility index (Phi) is 5.37. The molecule has 1 aromatic heterocycles. The summed E-state index contributed by atoms with van der Waals surface area (Å²) < 4.78 is 12.3. The Balaban J connectivity index is 2.09. The molecule has 140 valence electrons. The molecule has 1 heterocycles. The van der Waals surface area contributed by atoms with Crippen LogP contribution in [0.15, 0.2) is 47.4 Å². The van der Waals surface area contributed by atoms with E-state index < -0.39 is 5.91 Å². The van der Waals surface area contributed by atoms with Crippen molar-refractivity contribution in [2.75, 3.05) is 19.5 Å². The zero-order valence-corrected chi connectivity index (χ0v) is 16.0. The van der Waals surface area contributed by atoms with Crippen LogP contribution in [-0.4, -0.2) is 24.7 Å². The summed E-state index contributed by atoms with van der Waals surface area (Å²) in [6.07, 6.45) is 1.56. The number of carbonyl (C=O) groups is 1. The Morgan fingerprint density at radius 2 is 1.93 bits per heavy atom. The summed E-state index contributed by atoms with van der Waals surface area (Å²) in [5.74, 6) is 0.488. The van der Waals surface area contributed by atoms with E-state index in [1.807, 2.05) is 11.5 Å². The van der Waals surface area contributed by atoms with Gasteiger partial charge in [0.15, 0.2) is 0 Å². The maximum Gasteiger partial charge on any atom is 0.261 e. The van der Waals surface area contributed by atoms with Gasteiger partial charge in [0, 0.05) is 29.2 Å². The first-order chi connectivity index (χ1) is 13.0. The lowest BCUT2D eigenvalue weighted by Crippen LogP contribution is -2.24. The number of amides is 1. The molecule has 1 amide bonds. The summed E-state index contributed by atoms with van der Waals surface area (Å²) in [6, 6.07) is 10.1. The van der Waals surface area contributed by atoms with Gasteiger partial charge in [0.2, 0.25) is 5.43 Å². The van der Waals surface area contributed by atoms with E-state index in [-0.39, 0.29) is 11.0 Å². The maximum absolute atomic E-state index is 12.9. The number of hydrogen-bond acceptors (Lipinski definition) is 4. The molecule has 2 aromatic carbocycles. The van der Waals surface area contributed by atoms with Crippen LogP contribution in [0.1, 0.15) is 17.3 Å². The number of hydrogen-bond donors (Lipinski definition) is 1. The van der Waals surface area contributed by atoms with Crippen molar-refractivity contribution in [3.05, 3.63) is 63.4 Å². The molecule has 0 aliphatic heterocycles. The summed E-state index contributed by atoms with van der Waals surface area (Å²) in [6.45, 7) is 2.53. The number of nitrogens with zero attached hydrogens (tertiary/aromatic N) is 1. The van der Waals surface area contributed by atoms with Gasteiger partial charge in [-0.3, -0.25) is 9.59 Å². The molecule has 7 heteroatoms. The highest BCUT2D eigenvalue weighted by molar-refractivity contribution is 6.31. The van der Waals surface area contributed by atoms with Crippen LogP contribution in [0.3, 0.4) is 0 Å². The van der Waals surface area contributed by atoms with Crippen LogP contribution in [0.5, 0.6) is 11.5 Å². The lowest BCUT2D eigenvalue weighted by Gasteiger charge is -2.14. The summed E-state index contributed by atoms with van der Waals surface area (Å²) in [5.41, 5.74) is 0.783. The average Bonchev–Trinajstić information content (AvgIpc) is 2.68. The predicted molar refractivity (Wildman–Crippen MR) is 106 cm³/mol. The molecule has 0 fully saturated rings. The van der Waals surface area contributed by atoms with Crippen molar-refractivity contribution < 1.29 is 14.3 Å². The number of nitrogens with one attached hydrogen (secondary N) is 1. The molecule has 27 heavy (non-hydrogen) atoms. The molecule has 3 rings (SSSR count). The number of pyridine rings is 1. The number of aryl methyl sites for hydroxylation is 1. The van der Waals surface area contributed by atoms with Gasteiger partial charge in [-0.15, -0.1) is 0 Å². The molecular weight excluding hydrogens is 368 g/mol. The Bertz CT molecular complexity index is 1080. The topological polar surface area (TPSA) is 69.6 Å². The second-order valence-corrected chi connectivity index (χ2v) is 6.28. The Morgan fingerprint density at radius 3 is 2.59 bits per heavy atom. The minimum Gasteiger partial charge on any atom is -0.497 e. The molecule has 0 spiro atoms. The molecule has 0 aliphatic rings. The zero-order chi connectivity index (χ0) is 19.6. The van der Waals surface area contributed by atoms with Crippen molar-refractivity contribution in [3.8, 4) is 11.5 Å². The van der Waals surface area contributed by atoms with Crippen LogP contribution in [-0.2, 0) is 6.54 Å². The van der Waals surface area contributed by atoms with E-state index in [0.29, 0.717) is 34.1 Å². The zero-order valence-electron chi connectivity index (χ0n) is 15.2. The summed E-state index contributed by atoms with van der Waals surface area (Å²) in [5, 5.41) is 3.57. The molecule has 0 bridgehead atoms. The van der Waals surface area contributed by atoms with E-state index in [1.54, 1.807) is 42.6 Å². The molecule has 0 aliphatic carbocycles. The van der Waals surface area contributed by atoms with E-state index >= 15 is 0 Å². The van der Waals surface area contributed by atoms with Gasteiger partial charge in [-0.05, 0) is 37.3 Å². The number of carbonyl (C=O) groups excluding carboxylic acids is 1. The number of halogens is 1. The highest BCUT2D eigenvalue weighted by atomic mass is 35.5. The van der Waals surface area contributed by atoms with Crippen molar-refractivity contribution >= 4 is 34.1 Å². The second-order valence-electron chi connectivity index (χ2n) is 5.84. The highest BCUT2D eigenvalue weighted by Crippen LogP contribution is 2.29. The number of anilines is 1. The van der Waals surface area contributed by atoms with Crippen molar-refractivity contribution in [2.24, 2.45) is 0 Å². The number of rotatable bonds is 5. The normalized spacial score (nSPS) is 10.7. The van der Waals surface area contributed by atoms with Crippen molar-refractivity contribution in [1.82, 2.24) is 4.57 Å². The third-order valence-corrected chi connectivity index (χ3v) is 4.52. The largest absolute Gasteiger partial charge is 0.497 e. The van der Waals surface area contributed by atoms with Gasteiger partial charge < -0.3 is 19.4 Å². The molecule has 0 atom stereocenters. The van der Waals surface area contributed by atoms with E-state index in [2.05, 4.69) is 5.32 Å². The van der Waals surface area contributed by atoms with Gasteiger partial charge in [-0.1, -0.05) is 11.6 Å². The molecule has 0 radical (unpaired) electrons. The van der Waals surface area contributed by atoms with Crippen molar-refractivity contribution in [2.45, 2.75) is 13.5 Å². The second kappa shape index (κ2) is 7.72. The fourth-order valence-corrected chi connectivity index (χ4v) is 3.07. The van der Waals surface area contributed by atoms with Gasteiger partial charge in [0.1, 0.15) is 17.1 Å². The summed E-state index contributed by atoms with van der Waals surface area (Å²) in [4.78, 5) is 25.7. The lowest BCUT2D eigenvalue weighted by atomic mass is 10.1. The molecule has 1 N–H and O–H groups in total. The summed E-state index contributed by atoms with van der Waals surface area (Å²) in [7, 11) is 3.03. The van der Waals surface area contributed by atoms with Gasteiger partial charge in [-0.2, -0.15) is 0 Å². The van der Waals surface area contributed by atoms with Gasteiger partial charge in [0.25, 0.3) is 5.91 Å². The molecule has 3 aromatic rings. The smallest absolute Gasteiger partial charge is 0.261 e. The number of fused-ring (bicyclic) bond motifs is 1. The van der Waals surface area contributed by atoms with Crippen molar-refractivity contribution in [3.63, 3.8) is 0 Å². The molecule has 0 saturated carbocycles. The lowest BCUT2D eigenvalue weighted by molar-refractivity contribution is 0.102. The van der Waals surface area contributed by atoms with Crippen LogP contribution < -0.4 is 20.2 Å². The first-order valence-electron chi connectivity index (χ1n) is 8.34. The van der Waals surface area contributed by atoms with E-state index in [1.165, 1.54) is 14.2 Å². The molecule has 0 saturated heterocycles. The third kappa shape index (κ3) is 3.61. The predicted octanol–water partition coefficient (Wildman–Crippen LogP) is 3.94. The van der Waals surface area contributed by atoms with Crippen LogP contribution in [0.25, 0.3) is 10.9 Å². The van der Waals surface area contributed by atoms with Gasteiger partial charge in [0.05, 0.1) is 25.4 Å². The van der Waals surface area contributed by atoms with Crippen LogP contribution >= 0.6 is 11.6 Å². The van der Waals surface area contributed by atoms with E-state index in [9.17, 15) is 9.59 Å². The fourth-order valence-electron chi connectivity index (χ4n) is 2.89. The van der Waals surface area contributed by atoms with Crippen LogP contribution in [0.4, 0.5) is 5.69 Å². The first kappa shape index (κ1) is 18.8. The highest BCUT2D eigenvalue weighted by Gasteiger charge is 2.17. The molecule has 6 nitrogen and oxygen atoms in total. The van der Waals surface area contributed by atoms with Gasteiger partial charge in [-0.25, -0.2) is 0 Å². The SMILES string of the molecule is CCn1cc(C(=O)Nc2cc(OC)ccc2OC)c(=O)c2cc(Cl)ccc21. The summed E-state index contributed by atoms with van der Waals surface area (Å²) >= 11 is 6.04. The van der Waals surface area contributed by atoms with E-state index in [4.69, 9.17) is 21.1 Å². The Hall–Kier alpha value is -2.99. The Labute approximate surface area is 161 Å². The fraction of sp³-hybridized carbons (Fsp3) is 0.200. The van der Waals surface area contributed by atoms with Crippen molar-refractivity contribution in [1.29, 1.82) is 0 Å². The molecule has 0 unspecified atom stereocenters. The number of methoxy groups -OCH3 is 2. The monoisotopic (exact) mass is 386 g/mol. The third-order valence-electron chi connectivity index (χ3n) is 4.28. The molecular formula is C20H19ClN2O4. The van der Waals surface area contributed by atoms with E-state index in [0.717, 1.165) is 5.52 Å². The Morgan fingerprint density at radius 1 is 1.15 bits per heavy atom. The van der Waals surface area contributed by atoms with Gasteiger partial charge >= 0.3 is 0 Å². The maximum atomic E-state index is 12.9. The number of ether oxygens (including phenoxy) is 2. The first-order valence-corrected chi connectivity index (χ1v) is 8.72. The number of aromatic nitrogens is 1. The van der Waals surface area contributed by atoms with Crippen LogP contribution in [0.2, 0.25) is 5.02 Å². The van der Waals surface area contributed by atoms with Crippen LogP contribution in [0, 0.1) is 0 Å². The standard InChI is InChI=1S/C20H19ClN2O4/c1-4-23-11-15(19(24)14-9-12(21)5-7-17(14)23)20(25)22-16-10-13(26-2)6-8-18(16)27-3/h5-11H,4H2,1-3H3,(H,22,25). The quantitative estimate of drug-likeness (QED) is 0.721. The average molecular weight is 387 g/mol. The number of benzene rings is 2. The minimum atomic E-state index is -0.532.